The molecule has 1 N–H and O–H groups in total. The number of aromatic nitrogens is 1. The maximum atomic E-state index is 5.38. The molecule has 1 heterocycles. The third-order valence-electron chi connectivity index (χ3n) is 2.74. The Bertz CT molecular complexity index is 304. The zero-order chi connectivity index (χ0) is 9.47. The van der Waals surface area contributed by atoms with Gasteiger partial charge in [0.05, 0.1) is 11.7 Å². The normalized spacial score (nSPS) is 25.6. The molecule has 1 aromatic rings. The Kier molecular flexibility index (Phi) is 1.91. The first kappa shape index (κ1) is 8.75. The predicted octanol–water partition coefficient (Wildman–Crippen LogP) is 1.91. The summed E-state index contributed by atoms with van der Waals surface area (Å²) in [6.45, 7) is 4.55. The van der Waals surface area contributed by atoms with Gasteiger partial charge in [0.25, 0.3) is 0 Å². The summed E-state index contributed by atoms with van der Waals surface area (Å²) in [4.78, 5) is 4.24. The lowest BCUT2D eigenvalue weighted by Crippen LogP contribution is -2.31. The Morgan fingerprint density at radius 1 is 1.62 bits per heavy atom. The second-order valence-corrected chi connectivity index (χ2v) is 4.55. The molecule has 0 fully saturated rings. The van der Waals surface area contributed by atoms with Gasteiger partial charge in [0, 0.05) is 0 Å². The maximum Gasteiger partial charge on any atom is 0.181 e. The van der Waals surface area contributed by atoms with Gasteiger partial charge >= 0.3 is 0 Å². The minimum atomic E-state index is 0.331. The molecular formula is C10H16N2O. The van der Waals surface area contributed by atoms with Crippen molar-refractivity contribution in [2.24, 2.45) is 5.41 Å². The smallest absolute Gasteiger partial charge is 0.181 e. The molecule has 0 aliphatic heterocycles. The van der Waals surface area contributed by atoms with Gasteiger partial charge in [-0.3, -0.25) is 0 Å². The van der Waals surface area contributed by atoms with Crippen LogP contribution in [0.4, 0.5) is 0 Å². The number of hydrogen-bond donors (Lipinski definition) is 1. The lowest BCUT2D eigenvalue weighted by atomic mass is 9.76. The summed E-state index contributed by atoms with van der Waals surface area (Å²) in [6, 6.07) is 0.334. The third kappa shape index (κ3) is 1.48. The highest BCUT2D eigenvalue weighted by atomic mass is 16.3. The van der Waals surface area contributed by atoms with Crippen molar-refractivity contribution in [1.82, 2.24) is 10.3 Å². The van der Waals surface area contributed by atoms with Crippen LogP contribution in [-0.2, 0) is 6.42 Å². The van der Waals surface area contributed by atoms with Crippen LogP contribution in [0.5, 0.6) is 0 Å². The van der Waals surface area contributed by atoms with Crippen LogP contribution >= 0.6 is 0 Å². The van der Waals surface area contributed by atoms with Gasteiger partial charge in [-0.25, -0.2) is 4.98 Å². The number of hydrogen-bond acceptors (Lipinski definition) is 3. The lowest BCUT2D eigenvalue weighted by Gasteiger charge is -2.33. The quantitative estimate of drug-likeness (QED) is 0.717. The molecule has 13 heavy (non-hydrogen) atoms. The summed E-state index contributed by atoms with van der Waals surface area (Å²) < 4.78 is 5.38. The van der Waals surface area contributed by atoms with Gasteiger partial charge in [0.2, 0.25) is 0 Å². The molecule has 0 saturated carbocycles. The molecular weight excluding hydrogens is 164 g/mol. The van der Waals surface area contributed by atoms with Gasteiger partial charge in [0.1, 0.15) is 5.76 Å². The number of rotatable bonds is 1. The van der Waals surface area contributed by atoms with E-state index in [0.717, 1.165) is 24.3 Å². The zero-order valence-electron chi connectivity index (χ0n) is 8.42. The molecule has 1 atom stereocenters. The average Bonchev–Trinajstić information content (AvgIpc) is 2.48. The molecule has 3 nitrogen and oxygen atoms in total. The first-order valence-corrected chi connectivity index (χ1v) is 4.72. The molecule has 1 aromatic heterocycles. The van der Waals surface area contributed by atoms with Crippen LogP contribution in [0.2, 0.25) is 0 Å². The summed E-state index contributed by atoms with van der Waals surface area (Å²) >= 11 is 0. The second-order valence-electron chi connectivity index (χ2n) is 4.55. The first-order valence-electron chi connectivity index (χ1n) is 4.72. The van der Waals surface area contributed by atoms with E-state index in [1.807, 2.05) is 7.05 Å². The first-order chi connectivity index (χ1) is 6.12. The molecule has 2 rings (SSSR count). The Morgan fingerprint density at radius 3 is 3.08 bits per heavy atom. The molecule has 0 bridgehead atoms. The fourth-order valence-electron chi connectivity index (χ4n) is 2.10. The highest BCUT2D eigenvalue weighted by molar-refractivity contribution is 5.18. The summed E-state index contributed by atoms with van der Waals surface area (Å²) in [5.74, 6) is 1.03. The Labute approximate surface area is 78.5 Å². The van der Waals surface area contributed by atoms with Crippen molar-refractivity contribution >= 4 is 0 Å². The van der Waals surface area contributed by atoms with Crippen molar-refractivity contribution in [3.8, 4) is 0 Å². The molecule has 1 aliphatic carbocycles. The van der Waals surface area contributed by atoms with Crippen LogP contribution in [0.15, 0.2) is 10.8 Å². The fraction of sp³-hybridized carbons (Fsp3) is 0.700. The van der Waals surface area contributed by atoms with E-state index in [4.69, 9.17) is 4.42 Å². The van der Waals surface area contributed by atoms with Crippen molar-refractivity contribution < 1.29 is 4.42 Å². The topological polar surface area (TPSA) is 38.1 Å². The molecule has 3 heteroatoms. The molecule has 0 radical (unpaired) electrons. The predicted molar refractivity (Wildman–Crippen MR) is 50.4 cm³/mol. The highest BCUT2D eigenvalue weighted by Gasteiger charge is 2.34. The molecule has 1 unspecified atom stereocenters. The number of oxazole rings is 1. The summed E-state index contributed by atoms with van der Waals surface area (Å²) in [6.07, 6.45) is 3.69. The van der Waals surface area contributed by atoms with Gasteiger partial charge in [0.15, 0.2) is 6.39 Å². The molecule has 1 aliphatic rings. The van der Waals surface area contributed by atoms with E-state index >= 15 is 0 Å². The van der Waals surface area contributed by atoms with Crippen molar-refractivity contribution in [2.75, 3.05) is 7.05 Å². The van der Waals surface area contributed by atoms with Crippen LogP contribution in [0.1, 0.15) is 37.8 Å². The SMILES string of the molecule is CNC1CC(C)(C)Cc2ncoc21. The molecule has 0 spiro atoms. The fourth-order valence-corrected chi connectivity index (χ4v) is 2.10. The standard InChI is InChI=1S/C10H16N2O/c1-10(2)4-7(11-3)9-8(5-10)12-6-13-9/h6-7,11H,4-5H2,1-3H3. The van der Waals surface area contributed by atoms with Crippen molar-refractivity contribution in [3.05, 3.63) is 17.8 Å². The van der Waals surface area contributed by atoms with Crippen molar-refractivity contribution in [2.45, 2.75) is 32.7 Å². The largest absolute Gasteiger partial charge is 0.447 e. The Balaban J connectivity index is 2.36. The van der Waals surface area contributed by atoms with Crippen LogP contribution in [0.25, 0.3) is 0 Å². The van der Waals surface area contributed by atoms with Gasteiger partial charge in [-0.2, -0.15) is 0 Å². The lowest BCUT2D eigenvalue weighted by molar-refractivity contribution is 0.238. The van der Waals surface area contributed by atoms with E-state index in [-0.39, 0.29) is 0 Å². The van der Waals surface area contributed by atoms with Gasteiger partial charge in [-0.15, -0.1) is 0 Å². The van der Waals surface area contributed by atoms with E-state index in [0.29, 0.717) is 11.5 Å². The van der Waals surface area contributed by atoms with E-state index < -0.39 is 0 Å². The van der Waals surface area contributed by atoms with Gasteiger partial charge in [-0.1, -0.05) is 13.8 Å². The van der Waals surface area contributed by atoms with Crippen molar-refractivity contribution in [1.29, 1.82) is 0 Å². The summed E-state index contributed by atoms with van der Waals surface area (Å²) in [5.41, 5.74) is 1.45. The molecule has 0 amide bonds. The van der Waals surface area contributed by atoms with E-state index in [2.05, 4.69) is 24.1 Å². The van der Waals surface area contributed by atoms with E-state index in [1.54, 1.807) is 6.39 Å². The maximum absolute atomic E-state index is 5.38. The Hall–Kier alpha value is -0.830. The number of fused-ring (bicyclic) bond motifs is 1. The summed E-state index contributed by atoms with van der Waals surface area (Å²) in [5, 5.41) is 3.27. The van der Waals surface area contributed by atoms with Crippen LogP contribution in [-0.4, -0.2) is 12.0 Å². The Morgan fingerprint density at radius 2 is 2.38 bits per heavy atom. The van der Waals surface area contributed by atoms with E-state index in [9.17, 15) is 0 Å². The minimum absolute atomic E-state index is 0.331. The summed E-state index contributed by atoms with van der Waals surface area (Å²) in [7, 11) is 1.97. The molecule has 0 aromatic carbocycles. The monoisotopic (exact) mass is 180 g/mol. The minimum Gasteiger partial charge on any atom is -0.447 e. The second kappa shape index (κ2) is 2.84. The van der Waals surface area contributed by atoms with Gasteiger partial charge < -0.3 is 9.73 Å². The van der Waals surface area contributed by atoms with Crippen LogP contribution < -0.4 is 5.32 Å². The van der Waals surface area contributed by atoms with Crippen LogP contribution in [0.3, 0.4) is 0 Å². The highest BCUT2D eigenvalue weighted by Crippen LogP contribution is 2.39. The number of nitrogens with zero attached hydrogens (tertiary/aromatic N) is 1. The number of nitrogens with one attached hydrogen (secondary N) is 1. The zero-order valence-corrected chi connectivity index (χ0v) is 8.42. The van der Waals surface area contributed by atoms with Gasteiger partial charge in [-0.05, 0) is 25.3 Å². The van der Waals surface area contributed by atoms with E-state index in [1.165, 1.54) is 0 Å². The molecule has 0 saturated heterocycles. The third-order valence-corrected chi connectivity index (χ3v) is 2.74. The molecule has 72 valence electrons. The van der Waals surface area contributed by atoms with Crippen LogP contribution in [0, 0.1) is 5.41 Å². The average molecular weight is 180 g/mol. The van der Waals surface area contributed by atoms with Crippen molar-refractivity contribution in [3.63, 3.8) is 0 Å².